The zero-order valence-electron chi connectivity index (χ0n) is 10.00. The number of nitrogens with zero attached hydrogens (tertiary/aromatic N) is 1. The van der Waals surface area contributed by atoms with Crippen LogP contribution in [0, 0.1) is 0 Å². The van der Waals surface area contributed by atoms with Crippen molar-refractivity contribution in [3.63, 3.8) is 0 Å². The van der Waals surface area contributed by atoms with E-state index in [2.05, 4.69) is 0 Å². The summed E-state index contributed by atoms with van der Waals surface area (Å²) < 4.78 is 0. The van der Waals surface area contributed by atoms with E-state index in [0.29, 0.717) is 16.9 Å². The average molecular weight is 242 g/mol. The van der Waals surface area contributed by atoms with Crippen LogP contribution in [-0.2, 0) is 0 Å². The van der Waals surface area contributed by atoms with Crippen LogP contribution >= 0.6 is 0 Å². The highest BCUT2D eigenvalue weighted by atomic mass is 16.3. The fourth-order valence-electron chi connectivity index (χ4n) is 1.64. The molecule has 0 radical (unpaired) electrons. The number of amides is 1. The maximum Gasteiger partial charge on any atom is 0.258 e. The summed E-state index contributed by atoms with van der Waals surface area (Å²) in [6, 6.07) is 13.3. The van der Waals surface area contributed by atoms with Crippen LogP contribution < -0.4 is 10.6 Å². The lowest BCUT2D eigenvalue weighted by atomic mass is 10.1. The van der Waals surface area contributed by atoms with E-state index in [1.54, 1.807) is 49.5 Å². The largest absolute Gasteiger partial charge is 0.508 e. The lowest BCUT2D eigenvalue weighted by Gasteiger charge is -2.17. The molecule has 0 heterocycles. The first-order valence-corrected chi connectivity index (χ1v) is 5.50. The highest BCUT2D eigenvalue weighted by Gasteiger charge is 2.13. The molecule has 4 nitrogen and oxygen atoms in total. The van der Waals surface area contributed by atoms with E-state index >= 15 is 0 Å². The molecule has 1 amide bonds. The predicted octanol–water partition coefficient (Wildman–Crippen LogP) is 2.25. The molecular formula is C14H14N2O2. The van der Waals surface area contributed by atoms with E-state index in [-0.39, 0.29) is 11.7 Å². The van der Waals surface area contributed by atoms with Crippen LogP contribution in [0.25, 0.3) is 0 Å². The molecule has 3 N–H and O–H groups in total. The van der Waals surface area contributed by atoms with Crippen molar-refractivity contribution in [2.45, 2.75) is 0 Å². The summed E-state index contributed by atoms with van der Waals surface area (Å²) in [5, 5.41) is 9.40. The number of aromatic hydroxyl groups is 1. The fraction of sp³-hybridized carbons (Fsp3) is 0.0714. The van der Waals surface area contributed by atoms with Gasteiger partial charge in [-0.15, -0.1) is 0 Å². The highest BCUT2D eigenvalue weighted by molar-refractivity contribution is 6.05. The number of rotatable bonds is 2. The van der Waals surface area contributed by atoms with Crippen molar-refractivity contribution in [2.75, 3.05) is 17.7 Å². The minimum atomic E-state index is -0.152. The number of carbonyl (C=O) groups is 1. The van der Waals surface area contributed by atoms with Gasteiger partial charge >= 0.3 is 0 Å². The van der Waals surface area contributed by atoms with Gasteiger partial charge in [-0.1, -0.05) is 6.07 Å². The number of benzene rings is 2. The summed E-state index contributed by atoms with van der Waals surface area (Å²) >= 11 is 0. The van der Waals surface area contributed by atoms with Gasteiger partial charge in [0.2, 0.25) is 0 Å². The topological polar surface area (TPSA) is 66.6 Å². The quantitative estimate of drug-likeness (QED) is 0.794. The molecule has 0 fully saturated rings. The second-order valence-electron chi connectivity index (χ2n) is 4.01. The zero-order chi connectivity index (χ0) is 13.1. The normalized spacial score (nSPS) is 10.1. The van der Waals surface area contributed by atoms with Gasteiger partial charge in [-0.3, -0.25) is 4.79 Å². The summed E-state index contributed by atoms with van der Waals surface area (Å²) in [7, 11) is 1.66. The van der Waals surface area contributed by atoms with E-state index < -0.39 is 0 Å². The summed E-state index contributed by atoms with van der Waals surface area (Å²) in [4.78, 5) is 13.6. The average Bonchev–Trinajstić information content (AvgIpc) is 2.38. The minimum absolute atomic E-state index is 0.129. The number of phenolic OH excluding ortho intramolecular Hbond substituents is 1. The first-order chi connectivity index (χ1) is 8.58. The number of anilines is 2. The standard InChI is InChI=1S/C14H14N2O2/c1-16(12-3-2-4-13(17)9-12)14(18)10-5-7-11(15)8-6-10/h2-9,17H,15H2,1H3. The van der Waals surface area contributed by atoms with Crippen LogP contribution in [0.3, 0.4) is 0 Å². The van der Waals surface area contributed by atoms with Crippen LogP contribution in [0.15, 0.2) is 48.5 Å². The number of hydrogen-bond acceptors (Lipinski definition) is 3. The first kappa shape index (κ1) is 12.0. The SMILES string of the molecule is CN(C(=O)c1ccc(N)cc1)c1cccc(O)c1. The van der Waals surface area contributed by atoms with Crippen molar-refractivity contribution in [1.82, 2.24) is 0 Å². The van der Waals surface area contributed by atoms with Crippen molar-refractivity contribution in [3.8, 4) is 5.75 Å². The lowest BCUT2D eigenvalue weighted by molar-refractivity contribution is 0.0993. The summed E-state index contributed by atoms with van der Waals surface area (Å²) in [5.74, 6) is -0.0231. The van der Waals surface area contributed by atoms with Gasteiger partial charge in [0.15, 0.2) is 0 Å². The molecule has 0 aliphatic rings. The van der Waals surface area contributed by atoms with Crippen LogP contribution in [0.2, 0.25) is 0 Å². The molecule has 2 aromatic carbocycles. The Morgan fingerprint density at radius 2 is 1.83 bits per heavy atom. The molecule has 0 bridgehead atoms. The maximum atomic E-state index is 12.2. The molecule has 2 rings (SSSR count). The van der Waals surface area contributed by atoms with E-state index in [1.807, 2.05) is 0 Å². The fourth-order valence-corrected chi connectivity index (χ4v) is 1.64. The second-order valence-corrected chi connectivity index (χ2v) is 4.01. The molecule has 0 atom stereocenters. The van der Waals surface area contributed by atoms with Gasteiger partial charge in [0.1, 0.15) is 5.75 Å². The predicted molar refractivity (Wildman–Crippen MR) is 71.7 cm³/mol. The minimum Gasteiger partial charge on any atom is -0.508 e. The van der Waals surface area contributed by atoms with Gasteiger partial charge in [-0.2, -0.15) is 0 Å². The van der Waals surface area contributed by atoms with Gasteiger partial charge in [-0.05, 0) is 36.4 Å². The van der Waals surface area contributed by atoms with Gasteiger partial charge in [-0.25, -0.2) is 0 Å². The van der Waals surface area contributed by atoms with Crippen LogP contribution in [-0.4, -0.2) is 18.1 Å². The highest BCUT2D eigenvalue weighted by Crippen LogP contribution is 2.20. The number of nitrogens with two attached hydrogens (primary N) is 1. The Bertz CT molecular complexity index is 564. The summed E-state index contributed by atoms with van der Waals surface area (Å²) in [6.45, 7) is 0. The Kier molecular flexibility index (Phi) is 3.19. The Morgan fingerprint density at radius 3 is 2.44 bits per heavy atom. The molecule has 0 saturated carbocycles. The third-order valence-corrected chi connectivity index (χ3v) is 2.68. The maximum absolute atomic E-state index is 12.2. The third kappa shape index (κ3) is 2.43. The van der Waals surface area contributed by atoms with E-state index in [0.717, 1.165) is 0 Å². The molecule has 92 valence electrons. The number of hydrogen-bond donors (Lipinski definition) is 2. The molecule has 0 aliphatic carbocycles. The first-order valence-electron chi connectivity index (χ1n) is 5.50. The molecule has 2 aromatic rings. The van der Waals surface area contributed by atoms with Gasteiger partial charge in [0.05, 0.1) is 0 Å². The molecule has 0 unspecified atom stereocenters. The zero-order valence-corrected chi connectivity index (χ0v) is 10.00. The van der Waals surface area contributed by atoms with E-state index in [1.165, 1.54) is 11.0 Å². The Labute approximate surface area is 105 Å². The molecule has 4 heteroatoms. The smallest absolute Gasteiger partial charge is 0.258 e. The van der Waals surface area contributed by atoms with Crippen LogP contribution in [0.4, 0.5) is 11.4 Å². The van der Waals surface area contributed by atoms with Crippen molar-refractivity contribution >= 4 is 17.3 Å². The summed E-state index contributed by atoms with van der Waals surface area (Å²) in [6.07, 6.45) is 0. The summed E-state index contributed by atoms with van der Waals surface area (Å²) in [5.41, 5.74) is 7.38. The Hall–Kier alpha value is -2.49. The van der Waals surface area contributed by atoms with Gasteiger partial charge < -0.3 is 15.7 Å². The Balaban J connectivity index is 2.26. The molecule has 0 aromatic heterocycles. The van der Waals surface area contributed by atoms with Crippen molar-refractivity contribution in [1.29, 1.82) is 0 Å². The number of carbonyl (C=O) groups excluding carboxylic acids is 1. The number of nitrogen functional groups attached to an aromatic ring is 1. The molecule has 0 spiro atoms. The van der Waals surface area contributed by atoms with Crippen molar-refractivity contribution < 1.29 is 9.90 Å². The molecule has 18 heavy (non-hydrogen) atoms. The second kappa shape index (κ2) is 4.79. The third-order valence-electron chi connectivity index (χ3n) is 2.68. The Morgan fingerprint density at radius 1 is 1.17 bits per heavy atom. The molecule has 0 aliphatic heterocycles. The van der Waals surface area contributed by atoms with Crippen molar-refractivity contribution in [2.24, 2.45) is 0 Å². The number of phenols is 1. The molecule has 0 saturated heterocycles. The van der Waals surface area contributed by atoms with Crippen LogP contribution in [0.1, 0.15) is 10.4 Å². The monoisotopic (exact) mass is 242 g/mol. The van der Waals surface area contributed by atoms with E-state index in [4.69, 9.17) is 5.73 Å². The van der Waals surface area contributed by atoms with Gasteiger partial charge in [0.25, 0.3) is 5.91 Å². The molecular weight excluding hydrogens is 228 g/mol. The van der Waals surface area contributed by atoms with Crippen LogP contribution in [0.5, 0.6) is 5.75 Å². The van der Waals surface area contributed by atoms with Gasteiger partial charge in [0, 0.05) is 30.1 Å². The van der Waals surface area contributed by atoms with Crippen molar-refractivity contribution in [3.05, 3.63) is 54.1 Å². The van der Waals surface area contributed by atoms with E-state index in [9.17, 15) is 9.90 Å². The lowest BCUT2D eigenvalue weighted by Crippen LogP contribution is -2.26.